The van der Waals surface area contributed by atoms with Crippen molar-refractivity contribution < 1.29 is 0 Å². The van der Waals surface area contributed by atoms with Crippen molar-refractivity contribution >= 4 is 23.5 Å². The number of nitrogens with two attached hydrogens (primary N) is 1. The smallest absolute Gasteiger partial charge is 0.258 e. The van der Waals surface area contributed by atoms with Gasteiger partial charge in [-0.3, -0.25) is 4.98 Å². The van der Waals surface area contributed by atoms with Crippen LogP contribution in [-0.4, -0.2) is 35.8 Å². The molecule has 0 saturated heterocycles. The Morgan fingerprint density at radius 1 is 1.26 bits per heavy atom. The Kier molecular flexibility index (Phi) is 2.79. The molecule has 0 bridgehead atoms. The van der Waals surface area contributed by atoms with E-state index in [-0.39, 0.29) is 5.95 Å². The average molecular weight is 273 g/mol. The summed E-state index contributed by atoms with van der Waals surface area (Å²) < 4.78 is 1.43. The Bertz CT molecular complexity index is 752. The fourth-order valence-corrected chi connectivity index (χ4v) is 2.07. The van der Waals surface area contributed by atoms with Crippen molar-refractivity contribution in [2.75, 3.05) is 12.0 Å². The summed E-state index contributed by atoms with van der Waals surface area (Å²) in [6, 6.07) is 3.76. The number of nitrogens with zero attached hydrogens (tertiary/aromatic N) is 6. The maximum absolute atomic E-state index is 5.84. The van der Waals surface area contributed by atoms with Gasteiger partial charge in [-0.05, 0) is 25.3 Å². The first-order valence-corrected chi connectivity index (χ1v) is 6.78. The molecular weight excluding hydrogens is 262 g/mol. The van der Waals surface area contributed by atoms with Crippen LogP contribution in [0.5, 0.6) is 0 Å². The zero-order chi connectivity index (χ0) is 13.4. The molecule has 0 radical (unpaired) electrons. The van der Waals surface area contributed by atoms with E-state index in [2.05, 4.69) is 25.0 Å². The molecule has 0 aromatic carbocycles. The molecule has 0 spiro atoms. The summed E-state index contributed by atoms with van der Waals surface area (Å²) in [6.45, 7) is 1.91. The highest BCUT2D eigenvalue weighted by atomic mass is 32.2. The number of aromatic nitrogens is 6. The molecular formula is C11H11N7S. The van der Waals surface area contributed by atoms with Crippen molar-refractivity contribution in [3.8, 4) is 11.4 Å². The summed E-state index contributed by atoms with van der Waals surface area (Å²) in [5.41, 5.74) is 7.56. The fourth-order valence-electron chi connectivity index (χ4n) is 1.71. The molecule has 3 aromatic heterocycles. The Morgan fingerprint density at radius 3 is 2.84 bits per heavy atom. The van der Waals surface area contributed by atoms with E-state index in [1.165, 1.54) is 16.3 Å². The average Bonchev–Trinajstić information content (AvgIpc) is 2.83. The number of aryl methyl sites for hydroxylation is 1. The third-order valence-corrected chi connectivity index (χ3v) is 3.19. The third kappa shape index (κ3) is 1.99. The quantitative estimate of drug-likeness (QED) is 0.701. The third-order valence-electron chi connectivity index (χ3n) is 2.64. The molecule has 19 heavy (non-hydrogen) atoms. The van der Waals surface area contributed by atoms with Crippen molar-refractivity contribution in [2.24, 2.45) is 0 Å². The van der Waals surface area contributed by atoms with Gasteiger partial charge in [-0.1, -0.05) is 11.8 Å². The van der Waals surface area contributed by atoms with Crippen molar-refractivity contribution in [3.63, 3.8) is 0 Å². The maximum Gasteiger partial charge on any atom is 0.258 e. The second kappa shape index (κ2) is 4.47. The van der Waals surface area contributed by atoms with E-state index in [1.54, 1.807) is 6.20 Å². The lowest BCUT2D eigenvalue weighted by Crippen LogP contribution is -2.04. The molecule has 96 valence electrons. The highest BCUT2D eigenvalue weighted by Crippen LogP contribution is 2.20. The van der Waals surface area contributed by atoms with Gasteiger partial charge in [0.1, 0.15) is 0 Å². The van der Waals surface area contributed by atoms with Gasteiger partial charge in [0.25, 0.3) is 5.78 Å². The van der Waals surface area contributed by atoms with E-state index in [0.29, 0.717) is 16.8 Å². The molecule has 0 fully saturated rings. The number of thioether (sulfide) groups is 1. The lowest BCUT2D eigenvalue weighted by atomic mass is 10.2. The van der Waals surface area contributed by atoms with Crippen LogP contribution in [0.3, 0.4) is 0 Å². The summed E-state index contributed by atoms with van der Waals surface area (Å²) in [7, 11) is 0. The summed E-state index contributed by atoms with van der Waals surface area (Å²) in [4.78, 5) is 17.0. The molecule has 0 unspecified atom stereocenters. The SMILES string of the molecule is CSc1nc(N)n2nc(-c3cccnc3C)nc2n1. The first kappa shape index (κ1) is 11.8. The second-order valence-corrected chi connectivity index (χ2v) is 4.63. The van der Waals surface area contributed by atoms with Crippen LogP contribution >= 0.6 is 11.8 Å². The van der Waals surface area contributed by atoms with Crippen LogP contribution in [0.15, 0.2) is 23.5 Å². The topological polar surface area (TPSA) is 94.9 Å². The molecule has 0 aliphatic heterocycles. The molecule has 0 aliphatic rings. The van der Waals surface area contributed by atoms with E-state index in [0.717, 1.165) is 11.3 Å². The maximum atomic E-state index is 5.84. The Labute approximate surface area is 113 Å². The predicted molar refractivity (Wildman–Crippen MR) is 72.7 cm³/mol. The lowest BCUT2D eigenvalue weighted by molar-refractivity contribution is 0.851. The number of pyridine rings is 1. The first-order chi connectivity index (χ1) is 9.19. The molecule has 7 nitrogen and oxygen atoms in total. The zero-order valence-corrected chi connectivity index (χ0v) is 11.2. The summed E-state index contributed by atoms with van der Waals surface area (Å²) >= 11 is 1.41. The van der Waals surface area contributed by atoms with Gasteiger partial charge in [0.15, 0.2) is 11.0 Å². The zero-order valence-electron chi connectivity index (χ0n) is 10.4. The molecule has 0 atom stereocenters. The Balaban J connectivity index is 2.22. The minimum atomic E-state index is 0.273. The van der Waals surface area contributed by atoms with Crippen LogP contribution in [0.4, 0.5) is 5.95 Å². The number of fused-ring (bicyclic) bond motifs is 1. The molecule has 3 rings (SSSR count). The number of hydrogen-bond acceptors (Lipinski definition) is 7. The van der Waals surface area contributed by atoms with Crippen LogP contribution in [0.2, 0.25) is 0 Å². The molecule has 0 aliphatic carbocycles. The highest BCUT2D eigenvalue weighted by Gasteiger charge is 2.13. The normalized spacial score (nSPS) is 11.1. The lowest BCUT2D eigenvalue weighted by Gasteiger charge is -1.98. The molecule has 0 saturated carbocycles. The standard InChI is InChI=1S/C11H11N7S/c1-6-7(4-3-5-13-6)8-14-10-16-11(19-2)15-9(12)18(10)17-8/h3-5H,1-2H3,(H2,12,14,15,16,17). The van der Waals surface area contributed by atoms with Crippen molar-refractivity contribution in [2.45, 2.75) is 12.1 Å². The fraction of sp³-hybridized carbons (Fsp3) is 0.182. The van der Waals surface area contributed by atoms with E-state index < -0.39 is 0 Å². The molecule has 0 amide bonds. The van der Waals surface area contributed by atoms with Gasteiger partial charge in [0.05, 0.1) is 0 Å². The first-order valence-electron chi connectivity index (χ1n) is 5.55. The number of anilines is 1. The number of rotatable bonds is 2. The molecule has 8 heteroatoms. The minimum Gasteiger partial charge on any atom is -0.368 e. The van der Waals surface area contributed by atoms with Gasteiger partial charge >= 0.3 is 0 Å². The molecule has 2 N–H and O–H groups in total. The predicted octanol–water partition coefficient (Wildman–Crippen LogP) is 1.19. The number of hydrogen-bond donors (Lipinski definition) is 1. The van der Waals surface area contributed by atoms with Gasteiger partial charge in [-0.25, -0.2) is 0 Å². The van der Waals surface area contributed by atoms with E-state index in [1.807, 2.05) is 25.3 Å². The van der Waals surface area contributed by atoms with Crippen molar-refractivity contribution in [1.82, 2.24) is 29.5 Å². The van der Waals surface area contributed by atoms with Crippen molar-refractivity contribution in [3.05, 3.63) is 24.0 Å². The van der Waals surface area contributed by atoms with Crippen LogP contribution in [-0.2, 0) is 0 Å². The minimum absolute atomic E-state index is 0.273. The van der Waals surface area contributed by atoms with E-state index in [4.69, 9.17) is 5.73 Å². The Morgan fingerprint density at radius 2 is 2.11 bits per heavy atom. The van der Waals surface area contributed by atoms with Gasteiger partial charge in [0, 0.05) is 17.5 Å². The van der Waals surface area contributed by atoms with Gasteiger partial charge in [-0.2, -0.15) is 19.5 Å². The van der Waals surface area contributed by atoms with Gasteiger partial charge in [0.2, 0.25) is 5.95 Å². The van der Waals surface area contributed by atoms with Crippen LogP contribution in [0.25, 0.3) is 17.2 Å². The van der Waals surface area contributed by atoms with Gasteiger partial charge < -0.3 is 5.73 Å². The summed E-state index contributed by atoms with van der Waals surface area (Å²) in [5, 5.41) is 4.90. The van der Waals surface area contributed by atoms with Crippen LogP contribution < -0.4 is 5.73 Å². The van der Waals surface area contributed by atoms with E-state index >= 15 is 0 Å². The molecule has 3 heterocycles. The van der Waals surface area contributed by atoms with Crippen LogP contribution in [0, 0.1) is 6.92 Å². The Hall–Kier alpha value is -2.22. The largest absolute Gasteiger partial charge is 0.368 e. The highest BCUT2D eigenvalue weighted by molar-refractivity contribution is 7.98. The second-order valence-electron chi connectivity index (χ2n) is 3.85. The number of nitrogen functional groups attached to an aromatic ring is 1. The monoisotopic (exact) mass is 273 g/mol. The van der Waals surface area contributed by atoms with Crippen molar-refractivity contribution in [1.29, 1.82) is 0 Å². The summed E-state index contributed by atoms with van der Waals surface area (Å²) in [6.07, 6.45) is 3.61. The molecule has 3 aromatic rings. The summed E-state index contributed by atoms with van der Waals surface area (Å²) in [5.74, 6) is 1.26. The van der Waals surface area contributed by atoms with Crippen LogP contribution in [0.1, 0.15) is 5.69 Å². The van der Waals surface area contributed by atoms with E-state index in [9.17, 15) is 0 Å². The van der Waals surface area contributed by atoms with Gasteiger partial charge in [-0.15, -0.1) is 5.10 Å².